The Labute approximate surface area is 133 Å². The lowest BCUT2D eigenvalue weighted by atomic mass is 10.2. The lowest BCUT2D eigenvalue weighted by Gasteiger charge is -2.22. The predicted molar refractivity (Wildman–Crippen MR) is 82.9 cm³/mol. The van der Waals surface area contributed by atoms with E-state index in [1.807, 2.05) is 4.90 Å². The summed E-state index contributed by atoms with van der Waals surface area (Å²) >= 11 is 3.12. The van der Waals surface area contributed by atoms with Crippen molar-refractivity contribution in [3.8, 4) is 0 Å². The zero-order chi connectivity index (χ0) is 15.2. The minimum absolute atomic E-state index is 0.0377. The first-order valence-electron chi connectivity index (χ1n) is 7.07. The number of methoxy groups -OCH3 is 1. The van der Waals surface area contributed by atoms with Crippen molar-refractivity contribution in [1.29, 1.82) is 0 Å². The van der Waals surface area contributed by atoms with Gasteiger partial charge in [0, 0.05) is 38.9 Å². The van der Waals surface area contributed by atoms with Gasteiger partial charge < -0.3 is 9.64 Å². The normalized spacial score (nSPS) is 16.8. The summed E-state index contributed by atoms with van der Waals surface area (Å²) in [6.45, 7) is 4.84. The van der Waals surface area contributed by atoms with Gasteiger partial charge in [-0.15, -0.1) is 0 Å². The molecule has 0 aromatic heterocycles. The van der Waals surface area contributed by atoms with Crippen LogP contribution in [0.25, 0.3) is 0 Å². The zero-order valence-corrected chi connectivity index (χ0v) is 13.7. The molecule has 1 aliphatic heterocycles. The van der Waals surface area contributed by atoms with Gasteiger partial charge in [0.25, 0.3) is 5.91 Å². The molecule has 1 saturated heterocycles. The Hall–Kier alpha value is -0.980. The van der Waals surface area contributed by atoms with Crippen molar-refractivity contribution >= 4 is 21.8 Å². The molecule has 0 spiro atoms. The molecule has 0 radical (unpaired) electrons. The molecule has 0 atom stereocenters. The molecule has 6 heteroatoms. The number of hydrogen-bond acceptors (Lipinski definition) is 3. The van der Waals surface area contributed by atoms with Crippen molar-refractivity contribution in [2.24, 2.45) is 0 Å². The maximum Gasteiger partial charge on any atom is 0.253 e. The molecule has 21 heavy (non-hydrogen) atoms. The average Bonchev–Trinajstić information content (AvgIpc) is 2.73. The van der Waals surface area contributed by atoms with E-state index < -0.39 is 0 Å². The van der Waals surface area contributed by atoms with E-state index in [0.29, 0.717) is 23.2 Å². The molecular formula is C15H20BrFN2O2. The fraction of sp³-hybridized carbons (Fsp3) is 0.533. The van der Waals surface area contributed by atoms with Crippen LogP contribution in [0, 0.1) is 5.82 Å². The van der Waals surface area contributed by atoms with Crippen LogP contribution >= 0.6 is 15.9 Å². The molecule has 0 saturated carbocycles. The zero-order valence-electron chi connectivity index (χ0n) is 12.1. The van der Waals surface area contributed by atoms with Gasteiger partial charge in [-0.1, -0.05) is 0 Å². The number of carbonyl (C=O) groups excluding carboxylic acids is 1. The lowest BCUT2D eigenvalue weighted by molar-refractivity contribution is 0.0759. The second-order valence-corrected chi connectivity index (χ2v) is 5.96. The van der Waals surface area contributed by atoms with E-state index in [1.165, 1.54) is 12.1 Å². The maximum absolute atomic E-state index is 13.2. The summed E-state index contributed by atoms with van der Waals surface area (Å²) in [4.78, 5) is 16.6. The lowest BCUT2D eigenvalue weighted by Crippen LogP contribution is -2.36. The van der Waals surface area contributed by atoms with Gasteiger partial charge in [-0.25, -0.2) is 4.39 Å². The molecule has 1 aromatic carbocycles. The molecule has 1 amide bonds. The number of benzene rings is 1. The second-order valence-electron chi connectivity index (χ2n) is 5.11. The molecule has 1 heterocycles. The third-order valence-corrected chi connectivity index (χ3v) is 4.26. The molecule has 0 unspecified atom stereocenters. The topological polar surface area (TPSA) is 32.8 Å². The van der Waals surface area contributed by atoms with Crippen molar-refractivity contribution in [3.63, 3.8) is 0 Å². The summed E-state index contributed by atoms with van der Waals surface area (Å²) in [6.07, 6.45) is 0.942. The van der Waals surface area contributed by atoms with Gasteiger partial charge in [-0.3, -0.25) is 9.69 Å². The molecule has 0 bridgehead atoms. The van der Waals surface area contributed by atoms with Crippen LogP contribution in [0.3, 0.4) is 0 Å². The van der Waals surface area contributed by atoms with Crippen molar-refractivity contribution in [2.75, 3.05) is 46.4 Å². The van der Waals surface area contributed by atoms with Gasteiger partial charge in [0.15, 0.2) is 0 Å². The second kappa shape index (κ2) is 7.87. The van der Waals surface area contributed by atoms with Gasteiger partial charge >= 0.3 is 0 Å². The molecule has 4 nitrogen and oxygen atoms in total. The average molecular weight is 359 g/mol. The van der Waals surface area contributed by atoms with Gasteiger partial charge in [0.2, 0.25) is 0 Å². The van der Waals surface area contributed by atoms with Crippen molar-refractivity contribution < 1.29 is 13.9 Å². The summed E-state index contributed by atoms with van der Waals surface area (Å²) in [5.74, 6) is -0.391. The third kappa shape index (κ3) is 4.49. The van der Waals surface area contributed by atoms with Gasteiger partial charge in [-0.05, 0) is 47.1 Å². The highest BCUT2D eigenvalue weighted by Gasteiger charge is 2.20. The third-order valence-electron chi connectivity index (χ3n) is 3.65. The Bertz CT molecular complexity index is 499. The van der Waals surface area contributed by atoms with E-state index in [2.05, 4.69) is 20.8 Å². The summed E-state index contributed by atoms with van der Waals surface area (Å²) in [5, 5.41) is 0. The van der Waals surface area contributed by atoms with E-state index in [4.69, 9.17) is 4.74 Å². The van der Waals surface area contributed by atoms with Crippen LogP contribution in [-0.4, -0.2) is 62.1 Å². The highest BCUT2D eigenvalue weighted by atomic mass is 79.9. The Morgan fingerprint density at radius 3 is 2.86 bits per heavy atom. The summed E-state index contributed by atoms with van der Waals surface area (Å²) in [7, 11) is 1.69. The largest absolute Gasteiger partial charge is 0.383 e. The van der Waals surface area contributed by atoms with E-state index in [9.17, 15) is 9.18 Å². The van der Waals surface area contributed by atoms with Crippen LogP contribution in [0.15, 0.2) is 22.7 Å². The van der Waals surface area contributed by atoms with Crippen molar-refractivity contribution in [2.45, 2.75) is 6.42 Å². The summed E-state index contributed by atoms with van der Waals surface area (Å²) in [6, 6.07) is 4.40. The highest BCUT2D eigenvalue weighted by Crippen LogP contribution is 2.18. The van der Waals surface area contributed by atoms with Crippen LogP contribution in [0.1, 0.15) is 16.8 Å². The number of halogens is 2. The Morgan fingerprint density at radius 1 is 1.33 bits per heavy atom. The smallest absolute Gasteiger partial charge is 0.253 e. The Morgan fingerprint density at radius 2 is 2.14 bits per heavy atom. The standard InChI is InChI=1S/C15H20BrFN2O2/c1-21-10-9-18-5-2-6-19(8-7-18)15(20)12-3-4-14(17)13(16)11-12/h3-4,11H,2,5-10H2,1H3. The molecule has 0 aliphatic carbocycles. The molecule has 116 valence electrons. The van der Waals surface area contributed by atoms with Crippen LogP contribution in [0.4, 0.5) is 4.39 Å². The van der Waals surface area contributed by atoms with Crippen LogP contribution in [0.5, 0.6) is 0 Å². The minimum atomic E-state index is -0.354. The Balaban J connectivity index is 1.98. The van der Waals surface area contributed by atoms with Gasteiger partial charge in [0.1, 0.15) is 5.82 Å². The van der Waals surface area contributed by atoms with E-state index in [1.54, 1.807) is 13.2 Å². The first kappa shape index (κ1) is 16.4. The molecular weight excluding hydrogens is 339 g/mol. The number of rotatable bonds is 4. The van der Waals surface area contributed by atoms with Gasteiger partial charge in [-0.2, -0.15) is 0 Å². The monoisotopic (exact) mass is 358 g/mol. The quantitative estimate of drug-likeness (QED) is 0.828. The van der Waals surface area contributed by atoms with Crippen molar-refractivity contribution in [3.05, 3.63) is 34.1 Å². The molecule has 1 aliphatic rings. The maximum atomic E-state index is 13.2. The van der Waals surface area contributed by atoms with E-state index in [-0.39, 0.29) is 11.7 Å². The summed E-state index contributed by atoms with van der Waals surface area (Å²) < 4.78 is 18.7. The minimum Gasteiger partial charge on any atom is -0.383 e. The number of ether oxygens (including phenoxy) is 1. The van der Waals surface area contributed by atoms with Crippen molar-refractivity contribution in [1.82, 2.24) is 9.80 Å². The fourth-order valence-corrected chi connectivity index (χ4v) is 2.81. The van der Waals surface area contributed by atoms with Crippen LogP contribution < -0.4 is 0 Å². The first-order valence-corrected chi connectivity index (χ1v) is 7.86. The predicted octanol–water partition coefficient (Wildman–Crippen LogP) is 2.38. The molecule has 2 rings (SSSR count). The van der Waals surface area contributed by atoms with Crippen LogP contribution in [-0.2, 0) is 4.74 Å². The van der Waals surface area contributed by atoms with Crippen LogP contribution in [0.2, 0.25) is 0 Å². The number of carbonyl (C=O) groups is 1. The number of nitrogens with zero attached hydrogens (tertiary/aromatic N) is 2. The molecule has 1 aromatic rings. The van der Waals surface area contributed by atoms with E-state index >= 15 is 0 Å². The first-order chi connectivity index (χ1) is 10.1. The van der Waals surface area contributed by atoms with Gasteiger partial charge in [0.05, 0.1) is 11.1 Å². The molecule has 1 fully saturated rings. The summed E-state index contributed by atoms with van der Waals surface area (Å²) in [5.41, 5.74) is 0.522. The highest BCUT2D eigenvalue weighted by molar-refractivity contribution is 9.10. The molecule has 0 N–H and O–H groups in total. The number of amides is 1. The number of hydrogen-bond donors (Lipinski definition) is 0. The van der Waals surface area contributed by atoms with E-state index in [0.717, 1.165) is 32.6 Å². The Kier molecular flexibility index (Phi) is 6.14. The fourth-order valence-electron chi connectivity index (χ4n) is 2.43. The SMILES string of the molecule is COCCN1CCCN(C(=O)c2ccc(F)c(Br)c2)CC1.